The molecule has 2 fully saturated rings. The lowest BCUT2D eigenvalue weighted by Gasteiger charge is -2.38. The molecule has 2 aliphatic heterocycles. The van der Waals surface area contributed by atoms with Crippen molar-refractivity contribution in [2.75, 3.05) is 37.6 Å². The van der Waals surface area contributed by atoms with Gasteiger partial charge in [0.2, 0.25) is 5.91 Å². The van der Waals surface area contributed by atoms with E-state index in [4.69, 9.17) is 0 Å². The zero-order valence-corrected chi connectivity index (χ0v) is 20.6. The molecule has 6 nitrogen and oxygen atoms in total. The molecular formula is C30H33N5O. The van der Waals surface area contributed by atoms with Crippen LogP contribution in [0.3, 0.4) is 0 Å². The summed E-state index contributed by atoms with van der Waals surface area (Å²) < 4.78 is 0. The molecule has 1 N–H and O–H groups in total. The Balaban J connectivity index is 1.24. The van der Waals surface area contributed by atoms with Gasteiger partial charge in [0, 0.05) is 51.9 Å². The van der Waals surface area contributed by atoms with Crippen LogP contribution in [-0.4, -0.2) is 60.5 Å². The molecule has 2 atom stereocenters. The number of benzene rings is 3. The van der Waals surface area contributed by atoms with Crippen molar-refractivity contribution in [2.45, 2.75) is 31.6 Å². The summed E-state index contributed by atoms with van der Waals surface area (Å²) in [6.45, 7) is 5.27. The second-order valence-corrected chi connectivity index (χ2v) is 9.67. The van der Waals surface area contributed by atoms with Crippen molar-refractivity contribution in [3.8, 4) is 6.07 Å². The van der Waals surface area contributed by atoms with E-state index in [0.29, 0.717) is 18.7 Å². The maximum Gasteiger partial charge on any atom is 0.240 e. The third-order valence-corrected chi connectivity index (χ3v) is 7.31. The Morgan fingerprint density at radius 1 is 0.861 bits per heavy atom. The Kier molecular flexibility index (Phi) is 7.61. The van der Waals surface area contributed by atoms with E-state index in [9.17, 15) is 10.1 Å². The highest BCUT2D eigenvalue weighted by molar-refractivity contribution is 5.82. The zero-order chi connectivity index (χ0) is 24.7. The molecule has 0 unspecified atom stereocenters. The first-order chi connectivity index (χ1) is 17.7. The summed E-state index contributed by atoms with van der Waals surface area (Å²) >= 11 is 0. The number of para-hydroxylation sites is 1. The molecule has 2 aliphatic rings. The molecule has 2 heterocycles. The monoisotopic (exact) mass is 479 g/mol. The third kappa shape index (κ3) is 5.59. The molecule has 0 aliphatic carbocycles. The number of nitrogens with one attached hydrogen (secondary N) is 1. The van der Waals surface area contributed by atoms with Gasteiger partial charge in [-0.25, -0.2) is 0 Å². The first-order valence-corrected chi connectivity index (χ1v) is 12.8. The number of amides is 1. The van der Waals surface area contributed by atoms with Gasteiger partial charge in [-0.2, -0.15) is 5.26 Å². The second-order valence-electron chi connectivity index (χ2n) is 9.67. The van der Waals surface area contributed by atoms with Crippen LogP contribution in [0.15, 0.2) is 84.9 Å². The highest BCUT2D eigenvalue weighted by atomic mass is 16.2. The fourth-order valence-electron chi connectivity index (χ4n) is 5.38. The molecule has 3 aromatic rings. The lowest BCUT2D eigenvalue weighted by atomic mass is 10.1. The lowest BCUT2D eigenvalue weighted by molar-refractivity contribution is -0.136. The van der Waals surface area contributed by atoms with E-state index in [1.807, 2.05) is 41.3 Å². The van der Waals surface area contributed by atoms with Crippen LogP contribution in [0.2, 0.25) is 0 Å². The Bertz CT molecular complexity index is 1180. The van der Waals surface area contributed by atoms with E-state index in [-0.39, 0.29) is 18.0 Å². The standard InChI is InChI=1S/C30H33N5O/c31-20-26-13-7-8-14-28(26)33-15-17-34(18-16-33)30(36)29-19-27(32-21-24-9-3-1-4-10-24)23-35(29)22-25-11-5-2-6-12-25/h1-14,27,29,32H,15-19,21-23H2/t27-,29-/m0/s1. The first-order valence-electron chi connectivity index (χ1n) is 12.8. The Hall–Kier alpha value is -3.66. The summed E-state index contributed by atoms with van der Waals surface area (Å²) in [6, 6.07) is 31.0. The minimum Gasteiger partial charge on any atom is -0.367 e. The molecule has 3 aromatic carbocycles. The largest absolute Gasteiger partial charge is 0.367 e. The average Bonchev–Trinajstić information content (AvgIpc) is 3.35. The smallest absolute Gasteiger partial charge is 0.240 e. The number of rotatable bonds is 7. The van der Waals surface area contributed by atoms with Gasteiger partial charge >= 0.3 is 0 Å². The van der Waals surface area contributed by atoms with Crippen LogP contribution in [0.5, 0.6) is 0 Å². The zero-order valence-electron chi connectivity index (χ0n) is 20.6. The topological polar surface area (TPSA) is 62.6 Å². The summed E-state index contributed by atoms with van der Waals surface area (Å²) in [7, 11) is 0. The molecule has 0 aromatic heterocycles. The van der Waals surface area contributed by atoms with Crippen LogP contribution in [0.1, 0.15) is 23.1 Å². The fraction of sp³-hybridized carbons (Fsp3) is 0.333. The summed E-state index contributed by atoms with van der Waals surface area (Å²) in [5, 5.41) is 13.2. The van der Waals surface area contributed by atoms with E-state index < -0.39 is 0 Å². The molecule has 1 amide bonds. The van der Waals surface area contributed by atoms with Crippen LogP contribution in [0, 0.1) is 11.3 Å². The SMILES string of the molecule is N#Cc1ccccc1N1CCN(C(=O)[C@@H]2C[C@H](NCc3ccccc3)CN2Cc2ccccc2)CC1. The van der Waals surface area contributed by atoms with Crippen LogP contribution in [-0.2, 0) is 17.9 Å². The van der Waals surface area contributed by atoms with Crippen molar-refractivity contribution in [3.05, 3.63) is 102 Å². The Morgan fingerprint density at radius 3 is 2.19 bits per heavy atom. The number of hydrogen-bond acceptors (Lipinski definition) is 5. The summed E-state index contributed by atoms with van der Waals surface area (Å²) in [4.78, 5) is 20.4. The number of likely N-dealkylation sites (tertiary alicyclic amines) is 1. The van der Waals surface area contributed by atoms with Crippen molar-refractivity contribution in [1.29, 1.82) is 5.26 Å². The normalized spacial score (nSPS) is 20.3. The van der Waals surface area contributed by atoms with Crippen LogP contribution < -0.4 is 10.2 Å². The van der Waals surface area contributed by atoms with E-state index in [0.717, 1.165) is 44.8 Å². The molecular weight excluding hydrogens is 446 g/mol. The molecule has 0 spiro atoms. The fourth-order valence-corrected chi connectivity index (χ4v) is 5.38. The molecule has 5 rings (SSSR count). The van der Waals surface area contributed by atoms with Crippen molar-refractivity contribution >= 4 is 11.6 Å². The second kappa shape index (κ2) is 11.4. The third-order valence-electron chi connectivity index (χ3n) is 7.31. The van der Waals surface area contributed by atoms with Gasteiger partial charge in [0.25, 0.3) is 0 Å². The number of anilines is 1. The van der Waals surface area contributed by atoms with Gasteiger partial charge < -0.3 is 15.1 Å². The molecule has 2 saturated heterocycles. The number of carbonyl (C=O) groups is 1. The molecule has 0 bridgehead atoms. The maximum absolute atomic E-state index is 13.8. The Morgan fingerprint density at radius 2 is 1.50 bits per heavy atom. The predicted molar refractivity (Wildman–Crippen MR) is 142 cm³/mol. The molecule has 0 saturated carbocycles. The van der Waals surface area contributed by atoms with Gasteiger partial charge in [0.1, 0.15) is 6.07 Å². The quantitative estimate of drug-likeness (QED) is 0.561. The maximum atomic E-state index is 13.8. The van der Waals surface area contributed by atoms with Crippen LogP contribution in [0.25, 0.3) is 0 Å². The number of nitrogens with zero attached hydrogens (tertiary/aromatic N) is 4. The predicted octanol–water partition coefficient (Wildman–Crippen LogP) is 3.64. The Labute approximate surface area is 213 Å². The van der Waals surface area contributed by atoms with Gasteiger partial charge in [-0.05, 0) is 29.7 Å². The van der Waals surface area contributed by atoms with E-state index >= 15 is 0 Å². The van der Waals surface area contributed by atoms with Gasteiger partial charge in [0.05, 0.1) is 17.3 Å². The van der Waals surface area contributed by atoms with E-state index in [2.05, 4.69) is 69.7 Å². The number of hydrogen-bond donors (Lipinski definition) is 1. The van der Waals surface area contributed by atoms with E-state index in [1.165, 1.54) is 11.1 Å². The van der Waals surface area contributed by atoms with Crippen LogP contribution in [0.4, 0.5) is 5.69 Å². The van der Waals surface area contributed by atoms with Gasteiger partial charge in [0.15, 0.2) is 0 Å². The van der Waals surface area contributed by atoms with Crippen LogP contribution >= 0.6 is 0 Å². The minimum atomic E-state index is -0.128. The van der Waals surface area contributed by atoms with Crippen molar-refractivity contribution in [1.82, 2.24) is 15.1 Å². The van der Waals surface area contributed by atoms with Gasteiger partial charge in [-0.15, -0.1) is 0 Å². The first kappa shape index (κ1) is 24.1. The summed E-state index contributed by atoms with van der Waals surface area (Å²) in [5.74, 6) is 0.225. The summed E-state index contributed by atoms with van der Waals surface area (Å²) in [5.41, 5.74) is 4.14. The van der Waals surface area contributed by atoms with Gasteiger partial charge in [-0.3, -0.25) is 9.69 Å². The van der Waals surface area contributed by atoms with Crippen molar-refractivity contribution in [2.24, 2.45) is 0 Å². The van der Waals surface area contributed by atoms with Gasteiger partial charge in [-0.1, -0.05) is 72.8 Å². The lowest BCUT2D eigenvalue weighted by Crippen LogP contribution is -2.53. The number of nitriles is 1. The van der Waals surface area contributed by atoms with Crippen molar-refractivity contribution in [3.63, 3.8) is 0 Å². The molecule has 6 heteroatoms. The molecule has 184 valence electrons. The van der Waals surface area contributed by atoms with Crippen molar-refractivity contribution < 1.29 is 4.79 Å². The number of piperazine rings is 1. The minimum absolute atomic E-state index is 0.128. The highest BCUT2D eigenvalue weighted by Gasteiger charge is 2.39. The van der Waals surface area contributed by atoms with E-state index in [1.54, 1.807) is 0 Å². The number of carbonyl (C=O) groups excluding carboxylic acids is 1. The molecule has 0 radical (unpaired) electrons. The average molecular weight is 480 g/mol. The summed E-state index contributed by atoms with van der Waals surface area (Å²) in [6.07, 6.45) is 0.815. The molecule has 36 heavy (non-hydrogen) atoms. The highest BCUT2D eigenvalue weighted by Crippen LogP contribution is 2.25.